The fraction of sp³-hybridized carbons (Fsp3) is 0.286. The van der Waals surface area contributed by atoms with Crippen molar-refractivity contribution in [2.75, 3.05) is 12.4 Å². The summed E-state index contributed by atoms with van der Waals surface area (Å²) in [7, 11) is 1.61. The maximum Gasteiger partial charge on any atom is 0.146 e. The molecule has 120 valence electrons. The SMILES string of the molecule is CCn1ncc(Cl)c1CNc1ccc(-n2cnnn2)c(OC)c1. The van der Waals surface area contributed by atoms with Crippen molar-refractivity contribution in [1.82, 2.24) is 30.0 Å². The number of halogens is 1. The number of anilines is 1. The molecule has 9 heteroatoms. The van der Waals surface area contributed by atoms with E-state index in [1.54, 1.807) is 18.0 Å². The summed E-state index contributed by atoms with van der Waals surface area (Å²) < 4.78 is 8.83. The molecule has 1 N–H and O–H groups in total. The van der Waals surface area contributed by atoms with Crippen molar-refractivity contribution in [1.29, 1.82) is 0 Å². The molecule has 2 aromatic heterocycles. The van der Waals surface area contributed by atoms with Gasteiger partial charge in [0.05, 0.1) is 30.6 Å². The van der Waals surface area contributed by atoms with Crippen LogP contribution in [0.1, 0.15) is 12.6 Å². The first-order valence-corrected chi connectivity index (χ1v) is 7.46. The Kier molecular flexibility index (Phi) is 4.42. The van der Waals surface area contributed by atoms with Gasteiger partial charge in [-0.15, -0.1) is 5.10 Å². The van der Waals surface area contributed by atoms with Gasteiger partial charge in [0.1, 0.15) is 17.8 Å². The first-order valence-electron chi connectivity index (χ1n) is 7.08. The Labute approximate surface area is 138 Å². The van der Waals surface area contributed by atoms with Crippen molar-refractivity contribution >= 4 is 17.3 Å². The molecule has 0 fully saturated rings. The van der Waals surface area contributed by atoms with Crippen molar-refractivity contribution in [2.24, 2.45) is 0 Å². The molecule has 0 amide bonds. The van der Waals surface area contributed by atoms with Crippen LogP contribution < -0.4 is 10.1 Å². The van der Waals surface area contributed by atoms with Crippen molar-refractivity contribution in [3.63, 3.8) is 0 Å². The number of methoxy groups -OCH3 is 1. The van der Waals surface area contributed by atoms with Crippen LogP contribution in [0.4, 0.5) is 5.69 Å². The number of nitrogens with one attached hydrogen (secondary N) is 1. The number of benzene rings is 1. The lowest BCUT2D eigenvalue weighted by Gasteiger charge is -2.12. The van der Waals surface area contributed by atoms with Crippen LogP contribution in [0.15, 0.2) is 30.7 Å². The number of ether oxygens (including phenoxy) is 1. The molecule has 0 atom stereocenters. The van der Waals surface area contributed by atoms with Crippen molar-refractivity contribution in [2.45, 2.75) is 20.0 Å². The van der Waals surface area contributed by atoms with Crippen LogP contribution in [0.3, 0.4) is 0 Å². The molecule has 3 aromatic rings. The summed E-state index contributed by atoms with van der Waals surface area (Å²) in [5, 5.41) is 19.3. The van der Waals surface area contributed by atoms with E-state index in [1.807, 2.05) is 29.8 Å². The molecule has 2 heterocycles. The third-order valence-corrected chi connectivity index (χ3v) is 3.75. The minimum Gasteiger partial charge on any atom is -0.494 e. The predicted octanol–water partition coefficient (Wildman–Crippen LogP) is 2.15. The molecule has 0 aliphatic heterocycles. The van der Waals surface area contributed by atoms with Gasteiger partial charge in [0, 0.05) is 18.3 Å². The average Bonchev–Trinajstić information content (AvgIpc) is 3.22. The number of rotatable bonds is 6. The first-order chi connectivity index (χ1) is 11.2. The smallest absolute Gasteiger partial charge is 0.146 e. The summed E-state index contributed by atoms with van der Waals surface area (Å²) in [4.78, 5) is 0. The van der Waals surface area contributed by atoms with Crippen molar-refractivity contribution < 1.29 is 4.74 Å². The second-order valence-corrected chi connectivity index (χ2v) is 5.16. The fourth-order valence-electron chi connectivity index (χ4n) is 2.27. The number of hydrogen-bond donors (Lipinski definition) is 1. The van der Waals surface area contributed by atoms with Crippen LogP contribution in [-0.2, 0) is 13.1 Å². The lowest BCUT2D eigenvalue weighted by atomic mass is 10.2. The second-order valence-electron chi connectivity index (χ2n) is 4.75. The second kappa shape index (κ2) is 6.66. The number of nitrogens with zero attached hydrogens (tertiary/aromatic N) is 6. The van der Waals surface area contributed by atoms with Crippen LogP contribution in [-0.4, -0.2) is 37.1 Å². The minimum atomic E-state index is 0.569. The van der Waals surface area contributed by atoms with Crippen LogP contribution in [0.2, 0.25) is 5.02 Å². The maximum atomic E-state index is 6.17. The van der Waals surface area contributed by atoms with Gasteiger partial charge in [-0.05, 0) is 29.5 Å². The van der Waals surface area contributed by atoms with Gasteiger partial charge < -0.3 is 10.1 Å². The lowest BCUT2D eigenvalue weighted by Crippen LogP contribution is -2.08. The maximum absolute atomic E-state index is 6.17. The Morgan fingerprint density at radius 1 is 1.35 bits per heavy atom. The number of aromatic nitrogens is 6. The van der Waals surface area contributed by atoms with Crippen molar-refractivity contribution in [3.8, 4) is 11.4 Å². The van der Waals surface area contributed by atoms with E-state index in [1.165, 1.54) is 6.33 Å². The lowest BCUT2D eigenvalue weighted by molar-refractivity contribution is 0.411. The zero-order chi connectivity index (χ0) is 16.2. The quantitative estimate of drug-likeness (QED) is 0.744. The van der Waals surface area contributed by atoms with E-state index in [0.717, 1.165) is 23.6 Å². The van der Waals surface area contributed by atoms with Crippen LogP contribution in [0.25, 0.3) is 5.69 Å². The molecule has 0 aliphatic rings. The van der Waals surface area contributed by atoms with Gasteiger partial charge >= 0.3 is 0 Å². The van der Waals surface area contributed by atoms with Crippen molar-refractivity contribution in [3.05, 3.63) is 41.4 Å². The Bertz CT molecular complexity index is 785. The average molecular weight is 334 g/mol. The fourth-order valence-corrected chi connectivity index (χ4v) is 2.48. The van der Waals surface area contributed by atoms with Gasteiger partial charge in [0.2, 0.25) is 0 Å². The van der Waals surface area contributed by atoms with E-state index in [4.69, 9.17) is 16.3 Å². The Hall–Kier alpha value is -2.61. The van der Waals surface area contributed by atoms with Gasteiger partial charge in [0.15, 0.2) is 0 Å². The van der Waals surface area contributed by atoms with Crippen LogP contribution in [0, 0.1) is 0 Å². The summed E-state index contributed by atoms with van der Waals surface area (Å²) in [5.41, 5.74) is 2.61. The van der Waals surface area contributed by atoms with Crippen LogP contribution in [0.5, 0.6) is 5.75 Å². The third kappa shape index (κ3) is 3.11. The molecule has 0 saturated heterocycles. The molecular weight excluding hydrogens is 318 g/mol. The highest BCUT2D eigenvalue weighted by Crippen LogP contribution is 2.26. The van der Waals surface area contributed by atoms with E-state index < -0.39 is 0 Å². The Morgan fingerprint density at radius 2 is 2.22 bits per heavy atom. The molecule has 0 saturated carbocycles. The highest BCUT2D eigenvalue weighted by molar-refractivity contribution is 6.31. The zero-order valence-electron chi connectivity index (χ0n) is 12.8. The molecule has 0 radical (unpaired) electrons. The topological polar surface area (TPSA) is 82.7 Å². The monoisotopic (exact) mass is 333 g/mol. The molecule has 0 bridgehead atoms. The van der Waals surface area contributed by atoms with Gasteiger partial charge in [-0.2, -0.15) is 9.78 Å². The summed E-state index contributed by atoms with van der Waals surface area (Å²) in [6, 6.07) is 5.70. The third-order valence-electron chi connectivity index (χ3n) is 3.43. The molecule has 1 aromatic carbocycles. The van der Waals surface area contributed by atoms with Gasteiger partial charge in [-0.3, -0.25) is 4.68 Å². The summed E-state index contributed by atoms with van der Waals surface area (Å²) >= 11 is 6.17. The molecule has 0 unspecified atom stereocenters. The van der Waals surface area contributed by atoms with E-state index in [0.29, 0.717) is 17.3 Å². The summed E-state index contributed by atoms with van der Waals surface area (Å²) in [5.74, 6) is 0.664. The summed E-state index contributed by atoms with van der Waals surface area (Å²) in [6.07, 6.45) is 3.17. The molecule has 23 heavy (non-hydrogen) atoms. The highest BCUT2D eigenvalue weighted by atomic mass is 35.5. The minimum absolute atomic E-state index is 0.569. The molecule has 0 spiro atoms. The Morgan fingerprint density at radius 3 is 2.91 bits per heavy atom. The summed E-state index contributed by atoms with van der Waals surface area (Å²) in [6.45, 7) is 3.36. The molecule has 8 nitrogen and oxygen atoms in total. The number of tetrazole rings is 1. The van der Waals surface area contributed by atoms with E-state index >= 15 is 0 Å². The van der Waals surface area contributed by atoms with Crippen LogP contribution >= 0.6 is 11.6 Å². The van der Waals surface area contributed by atoms with E-state index in [-0.39, 0.29) is 0 Å². The van der Waals surface area contributed by atoms with E-state index in [2.05, 4.69) is 25.9 Å². The molecule has 3 rings (SSSR count). The standard InChI is InChI=1S/C14H16ClN7O/c1-3-21-13(11(15)7-18-21)8-16-10-4-5-12(14(6-10)23-2)22-9-17-19-20-22/h4-7,9,16H,3,8H2,1-2H3. The van der Waals surface area contributed by atoms with E-state index in [9.17, 15) is 0 Å². The molecule has 0 aliphatic carbocycles. The molecular formula is C14H16ClN7O. The largest absolute Gasteiger partial charge is 0.494 e. The Balaban J connectivity index is 1.80. The predicted molar refractivity (Wildman–Crippen MR) is 85.9 cm³/mol. The number of aryl methyl sites for hydroxylation is 1. The van der Waals surface area contributed by atoms with Gasteiger partial charge in [0.25, 0.3) is 0 Å². The number of hydrogen-bond acceptors (Lipinski definition) is 6. The first kappa shape index (κ1) is 15.3. The van der Waals surface area contributed by atoms with Gasteiger partial charge in [-0.1, -0.05) is 11.6 Å². The normalized spacial score (nSPS) is 10.7. The highest BCUT2D eigenvalue weighted by Gasteiger charge is 2.10. The van der Waals surface area contributed by atoms with Gasteiger partial charge in [-0.25, -0.2) is 0 Å². The zero-order valence-corrected chi connectivity index (χ0v) is 13.5.